The Morgan fingerprint density at radius 3 is 2.32 bits per heavy atom. The van der Waals surface area contributed by atoms with Crippen molar-refractivity contribution in [2.45, 2.75) is 26.1 Å². The number of hydrogen-bond acceptors (Lipinski definition) is 4. The van der Waals surface area contributed by atoms with E-state index in [-0.39, 0.29) is 12.4 Å². The Morgan fingerprint density at radius 2 is 1.79 bits per heavy atom. The molecule has 9 heteroatoms. The van der Waals surface area contributed by atoms with E-state index >= 15 is 0 Å². The van der Waals surface area contributed by atoms with Crippen molar-refractivity contribution in [2.24, 2.45) is 0 Å². The zero-order valence-electron chi connectivity index (χ0n) is 15.6. The number of amides is 1. The molecular formula is C19H20ClF3N2O3. The lowest BCUT2D eigenvalue weighted by molar-refractivity contribution is -0.141. The second-order valence-electron chi connectivity index (χ2n) is 5.87. The van der Waals surface area contributed by atoms with Gasteiger partial charge in [-0.15, -0.1) is 11.6 Å². The molecule has 0 aliphatic heterocycles. The van der Waals surface area contributed by atoms with Gasteiger partial charge in [0.1, 0.15) is 17.4 Å². The SMILES string of the molecule is CCc1cc(N(Cc2ccc(OC)c(OC)c2)C(=O)CCl)nc(C(F)(F)F)c1. The van der Waals surface area contributed by atoms with Gasteiger partial charge in [0.2, 0.25) is 5.91 Å². The highest BCUT2D eigenvalue weighted by atomic mass is 35.5. The van der Waals surface area contributed by atoms with Gasteiger partial charge in [-0.1, -0.05) is 13.0 Å². The second kappa shape index (κ2) is 9.14. The summed E-state index contributed by atoms with van der Waals surface area (Å²) in [5.41, 5.74) is -0.0214. The smallest absolute Gasteiger partial charge is 0.433 e. The molecule has 0 atom stereocenters. The molecule has 2 rings (SSSR count). The topological polar surface area (TPSA) is 51.7 Å². The van der Waals surface area contributed by atoms with Crippen LogP contribution in [0.15, 0.2) is 30.3 Å². The van der Waals surface area contributed by atoms with Gasteiger partial charge in [-0.2, -0.15) is 13.2 Å². The van der Waals surface area contributed by atoms with Crippen LogP contribution in [0.5, 0.6) is 11.5 Å². The summed E-state index contributed by atoms with van der Waals surface area (Å²) in [6, 6.07) is 7.41. The Bertz CT molecular complexity index is 844. The van der Waals surface area contributed by atoms with Gasteiger partial charge >= 0.3 is 6.18 Å². The molecule has 1 aromatic carbocycles. The summed E-state index contributed by atoms with van der Waals surface area (Å²) in [5, 5.41) is 0. The van der Waals surface area contributed by atoms with E-state index in [1.807, 2.05) is 0 Å². The Morgan fingerprint density at radius 1 is 1.11 bits per heavy atom. The van der Waals surface area contributed by atoms with Crippen molar-refractivity contribution >= 4 is 23.3 Å². The summed E-state index contributed by atoms with van der Waals surface area (Å²) < 4.78 is 50.1. The van der Waals surface area contributed by atoms with Gasteiger partial charge in [-0.3, -0.25) is 9.69 Å². The van der Waals surface area contributed by atoms with Gasteiger partial charge in [0.15, 0.2) is 11.5 Å². The maximum atomic E-state index is 13.2. The fourth-order valence-electron chi connectivity index (χ4n) is 2.59. The summed E-state index contributed by atoms with van der Waals surface area (Å²) in [6.45, 7) is 1.70. The normalized spacial score (nSPS) is 11.2. The first-order chi connectivity index (χ1) is 13.2. The fraction of sp³-hybridized carbons (Fsp3) is 0.368. The number of alkyl halides is 4. The van der Waals surface area contributed by atoms with Gasteiger partial charge in [0.25, 0.3) is 0 Å². The van der Waals surface area contributed by atoms with E-state index in [9.17, 15) is 18.0 Å². The lowest BCUT2D eigenvalue weighted by atomic mass is 10.1. The molecule has 0 saturated heterocycles. The fourth-order valence-corrected chi connectivity index (χ4v) is 2.73. The minimum atomic E-state index is -4.63. The molecule has 0 saturated carbocycles. The summed E-state index contributed by atoms with van der Waals surface area (Å²) >= 11 is 5.69. The van der Waals surface area contributed by atoms with Gasteiger partial charge in [0.05, 0.1) is 20.8 Å². The van der Waals surface area contributed by atoms with Crippen molar-refractivity contribution in [3.8, 4) is 11.5 Å². The third-order valence-electron chi connectivity index (χ3n) is 4.05. The maximum Gasteiger partial charge on any atom is 0.433 e. The number of ether oxygens (including phenoxy) is 2. The molecule has 1 amide bonds. The summed E-state index contributed by atoms with van der Waals surface area (Å²) in [4.78, 5) is 17.2. The number of hydrogen-bond donors (Lipinski definition) is 0. The molecule has 28 heavy (non-hydrogen) atoms. The van der Waals surface area contributed by atoms with Gasteiger partial charge in [-0.25, -0.2) is 4.98 Å². The van der Waals surface area contributed by atoms with Crippen molar-refractivity contribution in [3.05, 3.63) is 47.2 Å². The first kappa shape index (κ1) is 21.8. The second-order valence-corrected chi connectivity index (χ2v) is 6.14. The Hall–Kier alpha value is -2.48. The molecule has 0 N–H and O–H groups in total. The van der Waals surface area contributed by atoms with Crippen molar-refractivity contribution in [1.29, 1.82) is 0 Å². The number of pyridine rings is 1. The van der Waals surface area contributed by atoms with Crippen molar-refractivity contribution < 1.29 is 27.4 Å². The zero-order valence-corrected chi connectivity index (χ0v) is 16.4. The summed E-state index contributed by atoms with van der Waals surface area (Å²) in [7, 11) is 2.95. The van der Waals surface area contributed by atoms with Crippen molar-refractivity contribution in [3.63, 3.8) is 0 Å². The lowest BCUT2D eigenvalue weighted by Gasteiger charge is -2.23. The van der Waals surface area contributed by atoms with Crippen LogP contribution in [0.2, 0.25) is 0 Å². The average Bonchev–Trinajstić information content (AvgIpc) is 2.70. The third-order valence-corrected chi connectivity index (χ3v) is 4.28. The van der Waals surface area contributed by atoms with E-state index in [1.165, 1.54) is 20.3 Å². The molecular weight excluding hydrogens is 397 g/mol. The molecule has 5 nitrogen and oxygen atoms in total. The third kappa shape index (κ3) is 5.07. The molecule has 0 fully saturated rings. The standard InChI is InChI=1S/C19H20ClF3N2O3/c1-4-12-8-16(19(21,22)23)24-17(9-12)25(18(26)10-20)11-13-5-6-14(27-2)15(7-13)28-3/h5-9H,4,10-11H2,1-3H3. The van der Waals surface area contributed by atoms with Crippen molar-refractivity contribution in [1.82, 2.24) is 4.98 Å². The number of methoxy groups -OCH3 is 2. The first-order valence-corrected chi connectivity index (χ1v) is 8.92. The lowest BCUT2D eigenvalue weighted by Crippen LogP contribution is -2.32. The Kier molecular flexibility index (Phi) is 7.12. The first-order valence-electron chi connectivity index (χ1n) is 8.38. The molecule has 0 spiro atoms. The molecule has 0 unspecified atom stereocenters. The average molecular weight is 417 g/mol. The number of nitrogens with zero attached hydrogens (tertiary/aromatic N) is 2. The predicted molar refractivity (Wildman–Crippen MR) is 100 cm³/mol. The van der Waals surface area contributed by atoms with E-state index < -0.39 is 23.7 Å². The van der Waals surface area contributed by atoms with Crippen LogP contribution in [-0.4, -0.2) is 31.0 Å². The maximum absolute atomic E-state index is 13.2. The zero-order chi connectivity index (χ0) is 20.9. The largest absolute Gasteiger partial charge is 0.493 e. The molecule has 0 radical (unpaired) electrons. The number of carbonyl (C=O) groups is 1. The van der Waals surface area contributed by atoms with Gasteiger partial charge in [0, 0.05) is 0 Å². The van der Waals surface area contributed by atoms with E-state index in [4.69, 9.17) is 21.1 Å². The molecule has 1 heterocycles. The molecule has 0 aliphatic rings. The quantitative estimate of drug-likeness (QED) is 0.626. The van der Waals surface area contributed by atoms with Crippen LogP contribution in [0, 0.1) is 0 Å². The minimum absolute atomic E-state index is 0.0244. The van der Waals surface area contributed by atoms with Crippen LogP contribution in [-0.2, 0) is 23.9 Å². The minimum Gasteiger partial charge on any atom is -0.493 e. The van der Waals surface area contributed by atoms with Crippen LogP contribution in [0.3, 0.4) is 0 Å². The molecule has 1 aromatic heterocycles. The number of anilines is 1. The summed E-state index contributed by atoms with van der Waals surface area (Å²) in [6.07, 6.45) is -4.27. The Labute approximate surface area is 166 Å². The highest BCUT2D eigenvalue weighted by Gasteiger charge is 2.34. The highest BCUT2D eigenvalue weighted by Crippen LogP contribution is 2.32. The predicted octanol–water partition coefficient (Wildman–Crippen LogP) is 4.45. The van der Waals surface area contributed by atoms with Crippen LogP contribution in [0.4, 0.5) is 19.0 Å². The number of aryl methyl sites for hydroxylation is 1. The summed E-state index contributed by atoms with van der Waals surface area (Å²) in [5.74, 6) is -0.138. The molecule has 0 bridgehead atoms. The van der Waals surface area contributed by atoms with Crippen LogP contribution >= 0.6 is 11.6 Å². The monoisotopic (exact) mass is 416 g/mol. The molecule has 152 valence electrons. The van der Waals surface area contributed by atoms with Gasteiger partial charge < -0.3 is 9.47 Å². The van der Waals surface area contributed by atoms with E-state index in [0.717, 1.165) is 11.0 Å². The van der Waals surface area contributed by atoms with Crippen LogP contribution < -0.4 is 14.4 Å². The van der Waals surface area contributed by atoms with Crippen LogP contribution in [0.25, 0.3) is 0 Å². The number of carbonyl (C=O) groups excluding carboxylic acids is 1. The Balaban J connectivity index is 2.49. The van der Waals surface area contributed by atoms with E-state index in [0.29, 0.717) is 29.0 Å². The van der Waals surface area contributed by atoms with Gasteiger partial charge in [-0.05, 0) is 41.8 Å². The van der Waals surface area contributed by atoms with E-state index in [2.05, 4.69) is 4.98 Å². The number of halogens is 4. The molecule has 0 aliphatic carbocycles. The number of aromatic nitrogens is 1. The number of rotatable bonds is 7. The van der Waals surface area contributed by atoms with E-state index in [1.54, 1.807) is 25.1 Å². The highest BCUT2D eigenvalue weighted by molar-refractivity contribution is 6.29. The van der Waals surface area contributed by atoms with Crippen LogP contribution in [0.1, 0.15) is 23.7 Å². The molecule has 2 aromatic rings. The number of benzene rings is 1. The van der Waals surface area contributed by atoms with Crippen molar-refractivity contribution in [2.75, 3.05) is 25.0 Å².